The van der Waals surface area contributed by atoms with Gasteiger partial charge >= 0.3 is 5.97 Å². The van der Waals surface area contributed by atoms with Crippen LogP contribution in [0.2, 0.25) is 0 Å². The molecule has 0 rings (SSSR count). The van der Waals surface area contributed by atoms with Crippen LogP contribution in [0.25, 0.3) is 0 Å². The van der Waals surface area contributed by atoms with Crippen LogP contribution in [0, 0.1) is 11.8 Å². The Hall–Kier alpha value is -1.67. The Morgan fingerprint density at radius 1 is 1.04 bits per heavy atom. The van der Waals surface area contributed by atoms with Gasteiger partial charge < -0.3 is 27.2 Å². The number of hydrogen-bond acceptors (Lipinski definition) is 5. The van der Waals surface area contributed by atoms with E-state index in [0.717, 1.165) is 12.8 Å². The molecule has 0 heterocycles. The normalized spacial score (nSPS) is 15.8. The molecule has 0 aromatic carbocycles. The lowest BCUT2D eigenvalue weighted by molar-refractivity contribution is -0.143. The van der Waals surface area contributed by atoms with Crippen molar-refractivity contribution in [3.8, 4) is 0 Å². The van der Waals surface area contributed by atoms with Gasteiger partial charge in [-0.05, 0) is 37.6 Å². The smallest absolute Gasteiger partial charge is 0.326 e. The third-order valence-electron chi connectivity index (χ3n) is 4.42. The minimum atomic E-state index is -1.08. The molecule has 7 N–H and O–H groups in total. The molecule has 0 aliphatic heterocycles. The average Bonchev–Trinajstić information content (AvgIpc) is 2.57. The van der Waals surface area contributed by atoms with Crippen molar-refractivity contribution in [2.75, 3.05) is 6.54 Å². The van der Waals surface area contributed by atoms with E-state index in [4.69, 9.17) is 11.5 Å². The highest BCUT2D eigenvalue weighted by Gasteiger charge is 2.30. The van der Waals surface area contributed by atoms with E-state index in [1.165, 1.54) is 0 Å². The molecular formula is C18H36N4O4. The third kappa shape index (κ3) is 9.15. The number of hydrogen-bond donors (Lipinski definition) is 5. The molecule has 0 saturated carbocycles. The van der Waals surface area contributed by atoms with Gasteiger partial charge in [0, 0.05) is 0 Å². The summed E-state index contributed by atoms with van der Waals surface area (Å²) in [5.74, 6) is -2.05. The van der Waals surface area contributed by atoms with Crippen molar-refractivity contribution in [1.29, 1.82) is 0 Å². The molecule has 0 radical (unpaired) electrons. The summed E-state index contributed by atoms with van der Waals surface area (Å²) in [4.78, 5) is 36.3. The first-order valence-electron chi connectivity index (χ1n) is 9.43. The van der Waals surface area contributed by atoms with Gasteiger partial charge in [0.05, 0.1) is 6.04 Å². The Morgan fingerprint density at radius 3 is 2.12 bits per heavy atom. The van der Waals surface area contributed by atoms with E-state index in [0.29, 0.717) is 25.8 Å². The molecule has 0 fully saturated rings. The first-order chi connectivity index (χ1) is 12.1. The molecular weight excluding hydrogens is 336 g/mol. The van der Waals surface area contributed by atoms with Gasteiger partial charge in [-0.3, -0.25) is 9.59 Å². The second-order valence-corrected chi connectivity index (χ2v) is 7.29. The molecule has 0 aromatic heterocycles. The first-order valence-corrected chi connectivity index (χ1v) is 9.43. The van der Waals surface area contributed by atoms with Crippen molar-refractivity contribution in [2.24, 2.45) is 23.3 Å². The fourth-order valence-electron chi connectivity index (χ4n) is 2.56. The Balaban J connectivity index is 4.97. The van der Waals surface area contributed by atoms with Gasteiger partial charge in [-0.15, -0.1) is 0 Å². The second-order valence-electron chi connectivity index (χ2n) is 7.29. The fraction of sp³-hybridized carbons (Fsp3) is 0.833. The predicted octanol–water partition coefficient (Wildman–Crippen LogP) is 0.589. The van der Waals surface area contributed by atoms with E-state index in [-0.39, 0.29) is 11.8 Å². The Labute approximate surface area is 156 Å². The van der Waals surface area contributed by atoms with E-state index in [9.17, 15) is 19.5 Å². The van der Waals surface area contributed by atoms with Crippen LogP contribution < -0.4 is 22.1 Å². The van der Waals surface area contributed by atoms with Crippen molar-refractivity contribution < 1.29 is 19.5 Å². The summed E-state index contributed by atoms with van der Waals surface area (Å²) in [6, 6.07) is -2.51. The van der Waals surface area contributed by atoms with Gasteiger partial charge in [-0.25, -0.2) is 4.79 Å². The molecule has 152 valence electrons. The summed E-state index contributed by atoms with van der Waals surface area (Å²) >= 11 is 0. The van der Waals surface area contributed by atoms with Crippen LogP contribution in [0.5, 0.6) is 0 Å². The molecule has 0 aliphatic rings. The maximum absolute atomic E-state index is 12.6. The minimum absolute atomic E-state index is 0.145. The van der Waals surface area contributed by atoms with Gasteiger partial charge in [0.2, 0.25) is 11.8 Å². The summed E-state index contributed by atoms with van der Waals surface area (Å²) in [5.41, 5.74) is 11.3. The summed E-state index contributed by atoms with van der Waals surface area (Å²) < 4.78 is 0. The predicted molar refractivity (Wildman–Crippen MR) is 101 cm³/mol. The molecule has 26 heavy (non-hydrogen) atoms. The molecule has 8 heteroatoms. The monoisotopic (exact) mass is 372 g/mol. The lowest BCUT2D eigenvalue weighted by Crippen LogP contribution is -2.55. The van der Waals surface area contributed by atoms with Crippen LogP contribution in [-0.4, -0.2) is 47.6 Å². The lowest BCUT2D eigenvalue weighted by atomic mass is 9.97. The van der Waals surface area contributed by atoms with E-state index < -0.39 is 35.9 Å². The zero-order valence-corrected chi connectivity index (χ0v) is 16.5. The second kappa shape index (κ2) is 12.6. The van der Waals surface area contributed by atoms with Crippen LogP contribution in [0.15, 0.2) is 0 Å². The molecule has 0 unspecified atom stereocenters. The number of nitrogens with one attached hydrogen (secondary N) is 2. The van der Waals surface area contributed by atoms with Crippen LogP contribution in [0.4, 0.5) is 0 Å². The molecule has 0 saturated heterocycles. The summed E-state index contributed by atoms with van der Waals surface area (Å²) in [5, 5.41) is 14.6. The number of aliphatic carboxylic acids is 1. The zero-order chi connectivity index (χ0) is 20.3. The Morgan fingerprint density at radius 2 is 1.65 bits per heavy atom. The SMILES string of the molecule is CC[C@H](C)[C@H](NC(=O)[C@H](CC(C)C)NC(=O)[C@@H](N)CCCCN)C(=O)O. The summed E-state index contributed by atoms with van der Waals surface area (Å²) in [7, 11) is 0. The number of unbranched alkanes of at least 4 members (excludes halogenated alkanes) is 1. The van der Waals surface area contributed by atoms with E-state index in [1.807, 2.05) is 20.8 Å². The Kier molecular flexibility index (Phi) is 11.8. The van der Waals surface area contributed by atoms with Crippen LogP contribution in [-0.2, 0) is 14.4 Å². The zero-order valence-electron chi connectivity index (χ0n) is 16.5. The molecule has 8 nitrogen and oxygen atoms in total. The standard InChI is InChI=1S/C18H36N4O4/c1-5-12(4)15(18(25)26)22-17(24)14(10-11(2)3)21-16(23)13(20)8-6-7-9-19/h11-15H,5-10,19-20H2,1-4H3,(H,21,23)(H,22,24)(H,25,26)/t12-,13-,14-,15-/m0/s1. The number of amides is 2. The van der Waals surface area contributed by atoms with Crippen LogP contribution >= 0.6 is 0 Å². The summed E-state index contributed by atoms with van der Waals surface area (Å²) in [6.07, 6.45) is 3.03. The van der Waals surface area contributed by atoms with Gasteiger partial charge in [0.15, 0.2) is 0 Å². The molecule has 2 amide bonds. The highest BCUT2D eigenvalue weighted by Crippen LogP contribution is 2.11. The number of carbonyl (C=O) groups excluding carboxylic acids is 2. The van der Waals surface area contributed by atoms with Gasteiger partial charge in [0.25, 0.3) is 0 Å². The maximum Gasteiger partial charge on any atom is 0.326 e. The number of nitrogens with two attached hydrogens (primary N) is 2. The van der Waals surface area contributed by atoms with Crippen molar-refractivity contribution >= 4 is 17.8 Å². The van der Waals surface area contributed by atoms with Gasteiger partial charge in [-0.2, -0.15) is 0 Å². The number of carboxylic acid groups (broad SMARTS) is 1. The topological polar surface area (TPSA) is 148 Å². The number of carbonyl (C=O) groups is 3. The van der Waals surface area contributed by atoms with Crippen molar-refractivity contribution in [2.45, 2.75) is 77.9 Å². The molecule has 0 spiro atoms. The summed E-state index contributed by atoms with van der Waals surface area (Å²) in [6.45, 7) is 8.02. The quantitative estimate of drug-likeness (QED) is 0.299. The molecule has 0 aliphatic carbocycles. The highest BCUT2D eigenvalue weighted by atomic mass is 16.4. The number of carboxylic acids is 1. The van der Waals surface area contributed by atoms with Gasteiger partial charge in [0.1, 0.15) is 12.1 Å². The maximum atomic E-state index is 12.6. The third-order valence-corrected chi connectivity index (χ3v) is 4.42. The average molecular weight is 373 g/mol. The van der Waals surface area contributed by atoms with E-state index in [1.54, 1.807) is 6.92 Å². The van der Waals surface area contributed by atoms with Crippen molar-refractivity contribution in [1.82, 2.24) is 10.6 Å². The molecule has 4 atom stereocenters. The van der Waals surface area contributed by atoms with Crippen LogP contribution in [0.3, 0.4) is 0 Å². The van der Waals surface area contributed by atoms with Gasteiger partial charge in [-0.1, -0.05) is 40.5 Å². The molecule has 0 aromatic rings. The van der Waals surface area contributed by atoms with Crippen molar-refractivity contribution in [3.63, 3.8) is 0 Å². The Bertz CT molecular complexity index is 456. The lowest BCUT2D eigenvalue weighted by Gasteiger charge is -2.26. The highest BCUT2D eigenvalue weighted by molar-refractivity contribution is 5.91. The molecule has 0 bridgehead atoms. The van der Waals surface area contributed by atoms with E-state index in [2.05, 4.69) is 10.6 Å². The fourth-order valence-corrected chi connectivity index (χ4v) is 2.56. The van der Waals surface area contributed by atoms with Crippen molar-refractivity contribution in [3.05, 3.63) is 0 Å². The number of rotatable bonds is 13. The largest absolute Gasteiger partial charge is 0.480 e. The first kappa shape index (κ1) is 24.3. The minimum Gasteiger partial charge on any atom is -0.480 e. The van der Waals surface area contributed by atoms with E-state index >= 15 is 0 Å². The van der Waals surface area contributed by atoms with Crippen LogP contribution in [0.1, 0.15) is 59.8 Å².